The summed E-state index contributed by atoms with van der Waals surface area (Å²) >= 11 is 0. The molecular formula is C18H19N3O3. The Bertz CT molecular complexity index is 836. The fourth-order valence-corrected chi connectivity index (χ4v) is 3.08. The topological polar surface area (TPSA) is 82.6 Å². The predicted molar refractivity (Wildman–Crippen MR) is 90.9 cm³/mol. The van der Waals surface area contributed by atoms with Gasteiger partial charge in [-0.25, -0.2) is 9.97 Å². The first-order chi connectivity index (χ1) is 11.7. The van der Waals surface area contributed by atoms with Gasteiger partial charge in [0.05, 0.1) is 5.56 Å². The fourth-order valence-electron chi connectivity index (χ4n) is 3.08. The van der Waals surface area contributed by atoms with Crippen LogP contribution in [-0.4, -0.2) is 39.9 Å². The van der Waals surface area contributed by atoms with Gasteiger partial charge in [-0.05, 0) is 43.0 Å². The number of piperidine rings is 1. The van der Waals surface area contributed by atoms with Gasteiger partial charge in [-0.1, -0.05) is 0 Å². The molecule has 3 heterocycles. The molecule has 24 heavy (non-hydrogen) atoms. The van der Waals surface area contributed by atoms with E-state index in [4.69, 9.17) is 4.42 Å². The van der Waals surface area contributed by atoms with Gasteiger partial charge in [0.25, 0.3) is 0 Å². The summed E-state index contributed by atoms with van der Waals surface area (Å²) in [6.07, 6.45) is 3.75. The molecule has 1 aromatic carbocycles. The molecule has 0 bridgehead atoms. The second-order valence-corrected chi connectivity index (χ2v) is 6.19. The number of hydrogen-bond donors (Lipinski definition) is 2. The molecule has 0 amide bonds. The number of aliphatic hydroxyl groups is 1. The highest BCUT2D eigenvalue weighted by molar-refractivity contribution is 5.77. The number of aliphatic hydroxyl groups excluding tert-OH is 1. The number of benzene rings is 1. The quantitative estimate of drug-likeness (QED) is 0.770. The number of aromatic nitrogens is 2. The molecule has 0 unspecified atom stereocenters. The van der Waals surface area contributed by atoms with Crippen LogP contribution in [0.4, 0.5) is 5.82 Å². The number of nitrogens with zero attached hydrogens (tertiary/aromatic N) is 3. The van der Waals surface area contributed by atoms with Gasteiger partial charge in [-0.3, -0.25) is 0 Å². The van der Waals surface area contributed by atoms with Gasteiger partial charge in [-0.2, -0.15) is 0 Å². The number of pyridine rings is 1. The zero-order valence-electron chi connectivity index (χ0n) is 13.2. The fraction of sp³-hybridized carbons (Fsp3) is 0.333. The highest BCUT2D eigenvalue weighted by atomic mass is 16.3. The van der Waals surface area contributed by atoms with E-state index in [-0.39, 0.29) is 12.4 Å². The standard InChI is InChI=1S/C18H19N3O3/c22-11-12-5-7-21(8-6-12)17-4-1-13(10-19-17)18-20-15-3-2-14(23)9-16(15)24-18/h1-4,9-10,12,22-23H,5-8,11H2. The Morgan fingerprint density at radius 3 is 2.71 bits per heavy atom. The van der Waals surface area contributed by atoms with E-state index >= 15 is 0 Å². The molecule has 1 aliphatic heterocycles. The van der Waals surface area contributed by atoms with Crippen molar-refractivity contribution in [2.75, 3.05) is 24.6 Å². The van der Waals surface area contributed by atoms with E-state index in [9.17, 15) is 10.2 Å². The summed E-state index contributed by atoms with van der Waals surface area (Å²) in [7, 11) is 0. The third-order valence-electron chi connectivity index (χ3n) is 4.56. The molecule has 4 rings (SSSR count). The van der Waals surface area contributed by atoms with Crippen molar-refractivity contribution in [1.29, 1.82) is 0 Å². The minimum Gasteiger partial charge on any atom is -0.508 e. The van der Waals surface area contributed by atoms with Crippen molar-refractivity contribution in [1.82, 2.24) is 9.97 Å². The molecule has 1 fully saturated rings. The second kappa shape index (κ2) is 6.13. The smallest absolute Gasteiger partial charge is 0.228 e. The van der Waals surface area contributed by atoms with Crippen LogP contribution >= 0.6 is 0 Å². The normalized spacial score (nSPS) is 16.0. The summed E-state index contributed by atoms with van der Waals surface area (Å²) in [5, 5.41) is 18.7. The summed E-state index contributed by atoms with van der Waals surface area (Å²) < 4.78 is 5.70. The number of phenols is 1. The SMILES string of the molecule is OCC1CCN(c2ccc(-c3nc4ccc(O)cc4o3)cn2)CC1. The minimum atomic E-state index is 0.157. The molecule has 6 heteroatoms. The number of aromatic hydroxyl groups is 1. The third kappa shape index (κ3) is 2.80. The molecule has 0 aliphatic carbocycles. The van der Waals surface area contributed by atoms with Crippen molar-refractivity contribution in [3.05, 3.63) is 36.5 Å². The number of anilines is 1. The number of phenolic OH excluding ortho intramolecular Hbond substituents is 1. The monoisotopic (exact) mass is 325 g/mol. The van der Waals surface area contributed by atoms with Gasteiger partial charge >= 0.3 is 0 Å². The van der Waals surface area contributed by atoms with Crippen molar-refractivity contribution in [3.8, 4) is 17.2 Å². The van der Waals surface area contributed by atoms with Crippen LogP contribution in [0.15, 0.2) is 40.9 Å². The molecule has 2 aromatic heterocycles. The van der Waals surface area contributed by atoms with E-state index in [1.807, 2.05) is 12.1 Å². The molecule has 0 radical (unpaired) electrons. The van der Waals surface area contributed by atoms with Gasteiger partial charge < -0.3 is 19.5 Å². The molecule has 3 aromatic rings. The highest BCUT2D eigenvalue weighted by Crippen LogP contribution is 2.28. The van der Waals surface area contributed by atoms with E-state index < -0.39 is 0 Å². The van der Waals surface area contributed by atoms with Gasteiger partial charge in [0.2, 0.25) is 5.89 Å². The molecule has 1 saturated heterocycles. The Morgan fingerprint density at radius 1 is 1.17 bits per heavy atom. The first-order valence-corrected chi connectivity index (χ1v) is 8.15. The zero-order valence-corrected chi connectivity index (χ0v) is 13.2. The Morgan fingerprint density at radius 2 is 2.00 bits per heavy atom. The maximum atomic E-state index is 9.51. The Hall–Kier alpha value is -2.60. The summed E-state index contributed by atoms with van der Waals surface area (Å²) in [5.74, 6) is 2.00. The van der Waals surface area contributed by atoms with Crippen LogP contribution in [-0.2, 0) is 0 Å². The van der Waals surface area contributed by atoms with E-state index in [1.54, 1.807) is 24.4 Å². The van der Waals surface area contributed by atoms with Crippen molar-refractivity contribution >= 4 is 16.9 Å². The van der Waals surface area contributed by atoms with Crippen LogP contribution in [0, 0.1) is 5.92 Å². The largest absolute Gasteiger partial charge is 0.508 e. The van der Waals surface area contributed by atoms with Crippen molar-refractivity contribution in [3.63, 3.8) is 0 Å². The number of fused-ring (bicyclic) bond motifs is 1. The molecule has 2 N–H and O–H groups in total. The molecular weight excluding hydrogens is 306 g/mol. The van der Waals surface area contributed by atoms with Gasteiger partial charge in [-0.15, -0.1) is 0 Å². The molecule has 0 saturated carbocycles. The number of oxazole rings is 1. The van der Waals surface area contributed by atoms with Gasteiger partial charge in [0, 0.05) is 32.0 Å². The average molecular weight is 325 g/mol. The van der Waals surface area contributed by atoms with E-state index in [2.05, 4.69) is 14.9 Å². The summed E-state index contributed by atoms with van der Waals surface area (Å²) in [4.78, 5) is 11.2. The first kappa shape index (κ1) is 15.0. The lowest BCUT2D eigenvalue weighted by atomic mass is 9.98. The third-order valence-corrected chi connectivity index (χ3v) is 4.56. The highest BCUT2D eigenvalue weighted by Gasteiger charge is 2.19. The van der Waals surface area contributed by atoms with Crippen LogP contribution in [0.5, 0.6) is 5.75 Å². The van der Waals surface area contributed by atoms with Crippen LogP contribution in [0.1, 0.15) is 12.8 Å². The lowest BCUT2D eigenvalue weighted by Gasteiger charge is -2.31. The van der Waals surface area contributed by atoms with Crippen LogP contribution in [0.2, 0.25) is 0 Å². The van der Waals surface area contributed by atoms with Crippen molar-refractivity contribution < 1.29 is 14.6 Å². The predicted octanol–water partition coefficient (Wildman–Crippen LogP) is 2.80. The van der Waals surface area contributed by atoms with E-state index in [1.165, 1.54) is 0 Å². The van der Waals surface area contributed by atoms with Crippen LogP contribution in [0.25, 0.3) is 22.6 Å². The number of hydrogen-bond acceptors (Lipinski definition) is 6. The van der Waals surface area contributed by atoms with Gasteiger partial charge in [0.15, 0.2) is 5.58 Å². The summed E-state index contributed by atoms with van der Waals surface area (Å²) in [5.41, 5.74) is 2.07. The lowest BCUT2D eigenvalue weighted by Crippen LogP contribution is -2.35. The molecule has 6 nitrogen and oxygen atoms in total. The van der Waals surface area contributed by atoms with Gasteiger partial charge in [0.1, 0.15) is 17.1 Å². The minimum absolute atomic E-state index is 0.157. The maximum Gasteiger partial charge on any atom is 0.228 e. The summed E-state index contributed by atoms with van der Waals surface area (Å²) in [6.45, 7) is 2.10. The van der Waals surface area contributed by atoms with Crippen molar-refractivity contribution in [2.45, 2.75) is 12.8 Å². The number of rotatable bonds is 3. The van der Waals surface area contributed by atoms with E-state index in [0.717, 1.165) is 37.3 Å². The second-order valence-electron chi connectivity index (χ2n) is 6.19. The first-order valence-electron chi connectivity index (χ1n) is 8.15. The van der Waals surface area contributed by atoms with E-state index in [0.29, 0.717) is 22.9 Å². The average Bonchev–Trinajstić information content (AvgIpc) is 3.05. The molecule has 0 spiro atoms. The Labute approximate surface area is 139 Å². The van der Waals surface area contributed by atoms with Crippen LogP contribution in [0.3, 0.4) is 0 Å². The maximum absolute atomic E-state index is 9.51. The molecule has 124 valence electrons. The Kier molecular flexibility index (Phi) is 3.82. The summed E-state index contributed by atoms with van der Waals surface area (Å²) in [6, 6.07) is 8.79. The van der Waals surface area contributed by atoms with Crippen molar-refractivity contribution in [2.24, 2.45) is 5.92 Å². The zero-order chi connectivity index (χ0) is 16.5. The van der Waals surface area contributed by atoms with Crippen LogP contribution < -0.4 is 4.90 Å². The molecule has 1 aliphatic rings. The Balaban J connectivity index is 1.54. The lowest BCUT2D eigenvalue weighted by molar-refractivity contribution is 0.203. The molecule has 0 atom stereocenters.